The standard InChI is InChI=1S/C15H14F3NO3/c1-9-6-7-13(22-9)12(20)8-19-14(21)10-4-2-3-5-11(10)15(16,17)18/h2-7,12,20H,8H2,1H3,(H,19,21). The summed E-state index contributed by atoms with van der Waals surface area (Å²) in [6.07, 6.45) is -5.75. The summed E-state index contributed by atoms with van der Waals surface area (Å²) in [7, 11) is 0. The Morgan fingerprint density at radius 2 is 1.95 bits per heavy atom. The van der Waals surface area contributed by atoms with E-state index in [0.29, 0.717) is 5.76 Å². The lowest BCUT2D eigenvalue weighted by Crippen LogP contribution is -2.30. The van der Waals surface area contributed by atoms with Crippen molar-refractivity contribution in [1.82, 2.24) is 5.32 Å². The number of nitrogens with one attached hydrogen (secondary N) is 1. The van der Waals surface area contributed by atoms with Gasteiger partial charge in [0.25, 0.3) is 5.91 Å². The largest absolute Gasteiger partial charge is 0.464 e. The molecule has 2 aromatic rings. The van der Waals surface area contributed by atoms with Gasteiger partial charge in [0.15, 0.2) is 0 Å². The van der Waals surface area contributed by atoms with E-state index in [4.69, 9.17) is 4.42 Å². The Balaban J connectivity index is 2.07. The number of amides is 1. The summed E-state index contributed by atoms with van der Waals surface area (Å²) in [5.41, 5.74) is -1.51. The van der Waals surface area contributed by atoms with Crippen LogP contribution in [0.2, 0.25) is 0 Å². The molecule has 0 aliphatic carbocycles. The van der Waals surface area contributed by atoms with Crippen molar-refractivity contribution >= 4 is 5.91 Å². The van der Waals surface area contributed by atoms with E-state index < -0.39 is 29.3 Å². The number of aryl methyl sites for hydroxylation is 1. The van der Waals surface area contributed by atoms with Crippen molar-refractivity contribution in [2.24, 2.45) is 0 Å². The van der Waals surface area contributed by atoms with Crippen LogP contribution in [0.4, 0.5) is 13.2 Å². The van der Waals surface area contributed by atoms with Gasteiger partial charge in [0.1, 0.15) is 17.6 Å². The summed E-state index contributed by atoms with van der Waals surface area (Å²) < 4.78 is 43.7. The predicted molar refractivity (Wildman–Crippen MR) is 72.2 cm³/mol. The minimum absolute atomic E-state index is 0.238. The number of furan rings is 1. The molecular formula is C15H14F3NO3. The molecule has 1 amide bonds. The number of aliphatic hydroxyl groups is 1. The molecular weight excluding hydrogens is 299 g/mol. The van der Waals surface area contributed by atoms with E-state index in [2.05, 4.69) is 5.32 Å². The highest BCUT2D eigenvalue weighted by Gasteiger charge is 2.34. The Kier molecular flexibility index (Phi) is 4.56. The topological polar surface area (TPSA) is 62.5 Å². The smallest absolute Gasteiger partial charge is 0.417 e. The zero-order valence-corrected chi connectivity index (χ0v) is 11.6. The summed E-state index contributed by atoms with van der Waals surface area (Å²) in [5.74, 6) is -0.0834. The predicted octanol–water partition coefficient (Wildman–Crippen LogP) is 3.07. The van der Waals surface area contributed by atoms with Gasteiger partial charge in [-0.25, -0.2) is 0 Å². The molecule has 118 valence electrons. The van der Waals surface area contributed by atoms with Gasteiger partial charge >= 0.3 is 6.18 Å². The van der Waals surface area contributed by atoms with E-state index >= 15 is 0 Å². The molecule has 0 fully saturated rings. The number of rotatable bonds is 4. The van der Waals surface area contributed by atoms with Crippen LogP contribution in [0.5, 0.6) is 0 Å². The summed E-state index contributed by atoms with van der Waals surface area (Å²) in [6.45, 7) is 1.44. The van der Waals surface area contributed by atoms with Crippen molar-refractivity contribution < 1.29 is 27.5 Å². The van der Waals surface area contributed by atoms with Crippen molar-refractivity contribution in [2.45, 2.75) is 19.2 Å². The normalized spacial score (nSPS) is 13.0. The fourth-order valence-electron chi connectivity index (χ4n) is 1.95. The number of hydrogen-bond donors (Lipinski definition) is 2. The van der Waals surface area contributed by atoms with Crippen LogP contribution in [-0.2, 0) is 6.18 Å². The van der Waals surface area contributed by atoms with Crippen molar-refractivity contribution in [2.75, 3.05) is 6.54 Å². The molecule has 0 aliphatic heterocycles. The third-order valence-electron chi connectivity index (χ3n) is 3.02. The van der Waals surface area contributed by atoms with Gasteiger partial charge in [0.05, 0.1) is 17.7 Å². The third kappa shape index (κ3) is 3.67. The molecule has 1 atom stereocenters. The van der Waals surface area contributed by atoms with E-state index in [9.17, 15) is 23.1 Å². The minimum atomic E-state index is -4.62. The molecule has 1 aromatic heterocycles. The number of benzene rings is 1. The first-order chi connectivity index (χ1) is 10.3. The van der Waals surface area contributed by atoms with Crippen LogP contribution in [0, 0.1) is 6.92 Å². The maximum absolute atomic E-state index is 12.8. The van der Waals surface area contributed by atoms with E-state index in [0.717, 1.165) is 12.1 Å². The number of aliphatic hydroxyl groups excluding tert-OH is 1. The second kappa shape index (κ2) is 6.23. The summed E-state index contributed by atoms with van der Waals surface area (Å²) in [6, 6.07) is 7.65. The fraction of sp³-hybridized carbons (Fsp3) is 0.267. The van der Waals surface area contributed by atoms with Crippen molar-refractivity contribution in [3.8, 4) is 0 Å². The molecule has 0 aliphatic rings. The SMILES string of the molecule is Cc1ccc(C(O)CNC(=O)c2ccccc2C(F)(F)F)o1. The Morgan fingerprint density at radius 1 is 1.27 bits per heavy atom. The molecule has 0 saturated heterocycles. The molecule has 2 N–H and O–H groups in total. The number of carbonyl (C=O) groups excluding carboxylic acids is 1. The first kappa shape index (κ1) is 16.1. The summed E-state index contributed by atoms with van der Waals surface area (Å²) in [4.78, 5) is 11.9. The van der Waals surface area contributed by atoms with Crippen molar-refractivity contribution in [3.05, 3.63) is 59.0 Å². The lowest BCUT2D eigenvalue weighted by molar-refractivity contribution is -0.137. The first-order valence-electron chi connectivity index (χ1n) is 6.48. The molecule has 1 heterocycles. The summed E-state index contributed by atoms with van der Waals surface area (Å²) in [5, 5.41) is 12.1. The minimum Gasteiger partial charge on any atom is -0.464 e. The lowest BCUT2D eigenvalue weighted by atomic mass is 10.1. The van der Waals surface area contributed by atoms with Crippen LogP contribution >= 0.6 is 0 Å². The van der Waals surface area contributed by atoms with Gasteiger partial charge in [-0.2, -0.15) is 13.2 Å². The van der Waals surface area contributed by atoms with E-state index in [1.165, 1.54) is 18.2 Å². The van der Waals surface area contributed by atoms with Gasteiger partial charge in [0.2, 0.25) is 0 Å². The molecule has 0 radical (unpaired) electrons. The molecule has 4 nitrogen and oxygen atoms in total. The second-order valence-electron chi connectivity index (χ2n) is 4.72. The van der Waals surface area contributed by atoms with Crippen LogP contribution in [0.1, 0.15) is 33.5 Å². The van der Waals surface area contributed by atoms with Gasteiger partial charge in [-0.3, -0.25) is 4.79 Å². The molecule has 1 aromatic carbocycles. The Morgan fingerprint density at radius 3 is 2.55 bits per heavy atom. The number of halogens is 3. The van der Waals surface area contributed by atoms with Crippen LogP contribution in [0.3, 0.4) is 0 Å². The van der Waals surface area contributed by atoms with Crippen LogP contribution in [0.25, 0.3) is 0 Å². The van der Waals surface area contributed by atoms with Gasteiger partial charge in [-0.05, 0) is 31.2 Å². The van der Waals surface area contributed by atoms with Crippen LogP contribution in [-0.4, -0.2) is 17.6 Å². The van der Waals surface area contributed by atoms with Gasteiger partial charge < -0.3 is 14.8 Å². The van der Waals surface area contributed by atoms with Crippen molar-refractivity contribution in [1.29, 1.82) is 0 Å². The van der Waals surface area contributed by atoms with E-state index in [1.807, 2.05) is 0 Å². The first-order valence-corrected chi connectivity index (χ1v) is 6.48. The highest BCUT2D eigenvalue weighted by molar-refractivity contribution is 5.95. The second-order valence-corrected chi connectivity index (χ2v) is 4.72. The average molecular weight is 313 g/mol. The fourth-order valence-corrected chi connectivity index (χ4v) is 1.95. The number of alkyl halides is 3. The average Bonchev–Trinajstić information content (AvgIpc) is 2.90. The quantitative estimate of drug-likeness (QED) is 0.912. The Bertz CT molecular complexity index is 664. The third-order valence-corrected chi connectivity index (χ3v) is 3.02. The maximum Gasteiger partial charge on any atom is 0.417 e. The van der Waals surface area contributed by atoms with Crippen LogP contribution < -0.4 is 5.32 Å². The van der Waals surface area contributed by atoms with Gasteiger partial charge in [0, 0.05) is 0 Å². The van der Waals surface area contributed by atoms with E-state index in [1.54, 1.807) is 13.0 Å². The molecule has 0 saturated carbocycles. The summed E-state index contributed by atoms with van der Waals surface area (Å²) >= 11 is 0. The molecule has 1 unspecified atom stereocenters. The molecule has 7 heteroatoms. The monoisotopic (exact) mass is 313 g/mol. The molecule has 2 rings (SSSR count). The lowest BCUT2D eigenvalue weighted by Gasteiger charge is -2.14. The van der Waals surface area contributed by atoms with E-state index in [-0.39, 0.29) is 12.3 Å². The number of carbonyl (C=O) groups is 1. The molecule has 0 bridgehead atoms. The Labute approximate surface area is 124 Å². The zero-order valence-electron chi connectivity index (χ0n) is 11.6. The zero-order chi connectivity index (χ0) is 16.3. The highest BCUT2D eigenvalue weighted by atomic mass is 19.4. The van der Waals surface area contributed by atoms with Gasteiger partial charge in [-0.15, -0.1) is 0 Å². The maximum atomic E-state index is 12.8. The number of hydrogen-bond acceptors (Lipinski definition) is 3. The van der Waals surface area contributed by atoms with Crippen LogP contribution in [0.15, 0.2) is 40.8 Å². The van der Waals surface area contributed by atoms with Crippen molar-refractivity contribution in [3.63, 3.8) is 0 Å². The molecule has 22 heavy (non-hydrogen) atoms. The molecule has 0 spiro atoms. The highest BCUT2D eigenvalue weighted by Crippen LogP contribution is 2.31. The van der Waals surface area contributed by atoms with Gasteiger partial charge in [-0.1, -0.05) is 12.1 Å². The Hall–Kier alpha value is -2.28.